The Morgan fingerprint density at radius 3 is 2.66 bits per heavy atom. The van der Waals surface area contributed by atoms with Crippen LogP contribution in [0.1, 0.15) is 47.4 Å². The van der Waals surface area contributed by atoms with Crippen molar-refractivity contribution in [1.82, 2.24) is 4.98 Å². The van der Waals surface area contributed by atoms with E-state index in [0.717, 1.165) is 46.7 Å². The minimum absolute atomic E-state index is 0. The Morgan fingerprint density at radius 2 is 1.91 bits per heavy atom. The van der Waals surface area contributed by atoms with Gasteiger partial charge in [0.2, 0.25) is 5.89 Å². The van der Waals surface area contributed by atoms with E-state index in [1.807, 2.05) is 31.2 Å². The van der Waals surface area contributed by atoms with Crippen molar-refractivity contribution in [2.75, 3.05) is 6.61 Å². The van der Waals surface area contributed by atoms with Crippen LogP contribution in [0.2, 0.25) is 0 Å². The molecule has 0 radical (unpaired) electrons. The molecule has 0 atom stereocenters. The summed E-state index contributed by atoms with van der Waals surface area (Å²) in [6.45, 7) is 4.50. The second-order valence-electron chi connectivity index (χ2n) is 7.93. The van der Waals surface area contributed by atoms with Gasteiger partial charge in [0.1, 0.15) is 11.5 Å². The van der Waals surface area contributed by atoms with E-state index in [4.69, 9.17) is 14.3 Å². The van der Waals surface area contributed by atoms with E-state index in [0.29, 0.717) is 25.3 Å². The monoisotopic (exact) mass is 441 g/mol. The van der Waals surface area contributed by atoms with Crippen molar-refractivity contribution in [3.63, 3.8) is 0 Å². The van der Waals surface area contributed by atoms with Crippen LogP contribution in [0, 0.1) is 13.8 Å². The van der Waals surface area contributed by atoms with Gasteiger partial charge in [0.25, 0.3) is 0 Å². The molecule has 0 saturated carbocycles. The fraction of sp³-hybridized carbons (Fsp3) is 0.308. The number of allylic oxidation sites excluding steroid dienone is 2. The molecule has 0 aliphatic heterocycles. The van der Waals surface area contributed by atoms with E-state index in [9.17, 15) is 4.79 Å². The van der Waals surface area contributed by atoms with Crippen LogP contribution >= 0.6 is 0 Å². The molecule has 0 saturated heterocycles. The number of carboxylic acid groups (broad SMARTS) is 1. The van der Waals surface area contributed by atoms with Crippen LogP contribution in [-0.2, 0) is 17.6 Å². The maximum absolute atomic E-state index is 11.0. The Kier molecular flexibility index (Phi) is 8.35. The van der Waals surface area contributed by atoms with Gasteiger partial charge in [-0.2, -0.15) is 0 Å². The summed E-state index contributed by atoms with van der Waals surface area (Å²) in [6, 6.07) is 14.2. The van der Waals surface area contributed by atoms with Crippen molar-refractivity contribution in [3.8, 4) is 17.2 Å². The third-order valence-corrected chi connectivity index (χ3v) is 5.66. The first kappa shape index (κ1) is 24.3. The maximum atomic E-state index is 11.0. The predicted octanol–water partition coefficient (Wildman–Crippen LogP) is 5.13. The normalized spacial score (nSPS) is 12.5. The van der Waals surface area contributed by atoms with E-state index >= 15 is 0 Å². The van der Waals surface area contributed by atoms with Crippen LogP contribution in [0.4, 0.5) is 0 Å². The Balaban J connectivity index is 0.00000289. The van der Waals surface area contributed by atoms with Gasteiger partial charge >= 0.3 is 35.5 Å². The minimum atomic E-state index is -0.770. The summed E-state index contributed by atoms with van der Waals surface area (Å²) in [5.41, 5.74) is 6.46. The molecule has 6 heteroatoms. The molecule has 1 aliphatic carbocycles. The van der Waals surface area contributed by atoms with Crippen molar-refractivity contribution in [2.45, 2.75) is 46.0 Å². The fourth-order valence-electron chi connectivity index (χ4n) is 3.98. The summed E-state index contributed by atoms with van der Waals surface area (Å²) >= 11 is 0. The average molecular weight is 442 g/mol. The molecule has 3 aromatic rings. The molecule has 1 aliphatic rings. The van der Waals surface area contributed by atoms with Crippen molar-refractivity contribution in [2.24, 2.45) is 0 Å². The van der Waals surface area contributed by atoms with Crippen molar-refractivity contribution < 1.29 is 19.1 Å². The summed E-state index contributed by atoms with van der Waals surface area (Å²) in [7, 11) is 0. The van der Waals surface area contributed by atoms with Crippen LogP contribution in [0.5, 0.6) is 5.75 Å². The first-order chi connectivity index (χ1) is 15.0. The number of aromatic nitrogens is 1. The first-order valence-corrected chi connectivity index (χ1v) is 10.7. The van der Waals surface area contributed by atoms with Crippen LogP contribution in [0.3, 0.4) is 0 Å². The zero-order valence-electron chi connectivity index (χ0n) is 18.0. The molecular formula is C26H28NNaO4. The molecule has 1 N–H and O–H groups in total. The zero-order chi connectivity index (χ0) is 21.8. The Labute approximate surface area is 210 Å². The molecule has 32 heavy (non-hydrogen) atoms. The number of ether oxygens (including phenoxy) is 1. The summed E-state index contributed by atoms with van der Waals surface area (Å²) in [6.07, 6.45) is 5.32. The molecule has 0 spiro atoms. The standard InChI is InChI=1S/C26H27NO4.Na.H/c1-17-9-11-20(12-10-17)26-27-23(18(2)31-26)15-16-30-24-8-4-6-21-19(13-14-25(28)29)5-3-7-22(21)24;;/h4-6,8-12H,3,7,13-16H2,1-2H3,(H,28,29);;. The SMILES string of the molecule is Cc1ccc(-c2nc(CCOc3cccc4c3CCC=C4CCC(=O)O)c(C)o2)cc1.[NaH]. The number of aryl methyl sites for hydroxylation is 2. The van der Waals surface area contributed by atoms with Gasteiger partial charge in [-0.25, -0.2) is 4.98 Å². The zero-order valence-corrected chi connectivity index (χ0v) is 18.0. The van der Waals surface area contributed by atoms with E-state index in [1.165, 1.54) is 11.1 Å². The molecule has 162 valence electrons. The number of carbonyl (C=O) groups is 1. The van der Waals surface area contributed by atoms with Crippen LogP contribution in [0.25, 0.3) is 17.0 Å². The molecular weight excluding hydrogens is 413 g/mol. The van der Waals surface area contributed by atoms with Gasteiger partial charge in [-0.3, -0.25) is 4.79 Å². The summed E-state index contributed by atoms with van der Waals surface area (Å²) < 4.78 is 12.0. The molecule has 1 aromatic heterocycles. The summed E-state index contributed by atoms with van der Waals surface area (Å²) in [4.78, 5) is 15.6. The first-order valence-electron chi connectivity index (χ1n) is 10.7. The van der Waals surface area contributed by atoms with E-state index in [-0.39, 0.29) is 36.0 Å². The van der Waals surface area contributed by atoms with E-state index in [1.54, 1.807) is 0 Å². The number of hydrogen-bond donors (Lipinski definition) is 1. The number of fused-ring (bicyclic) bond motifs is 1. The summed E-state index contributed by atoms with van der Waals surface area (Å²) in [5.74, 6) is 1.55. The number of rotatable bonds is 8. The Bertz CT molecular complexity index is 1120. The van der Waals surface area contributed by atoms with Gasteiger partial charge in [-0.15, -0.1) is 0 Å². The van der Waals surface area contributed by atoms with Gasteiger partial charge in [-0.05, 0) is 62.4 Å². The second kappa shape index (κ2) is 11.0. The molecule has 0 bridgehead atoms. The van der Waals surface area contributed by atoms with E-state index < -0.39 is 5.97 Å². The Hall–Kier alpha value is -2.34. The average Bonchev–Trinajstić information content (AvgIpc) is 3.13. The van der Waals surface area contributed by atoms with Gasteiger partial charge in [0.15, 0.2) is 0 Å². The topological polar surface area (TPSA) is 72.6 Å². The van der Waals surface area contributed by atoms with Gasteiger partial charge in [0.05, 0.1) is 12.3 Å². The number of hydrogen-bond acceptors (Lipinski definition) is 4. The molecule has 0 unspecified atom stereocenters. The van der Waals surface area contributed by atoms with Gasteiger partial charge < -0.3 is 14.3 Å². The summed E-state index contributed by atoms with van der Waals surface area (Å²) in [5, 5.41) is 9.01. The predicted molar refractivity (Wildman–Crippen MR) is 127 cm³/mol. The fourth-order valence-corrected chi connectivity index (χ4v) is 3.98. The second-order valence-corrected chi connectivity index (χ2v) is 7.93. The number of nitrogens with zero attached hydrogens (tertiary/aromatic N) is 1. The quantitative estimate of drug-likeness (QED) is 0.491. The van der Waals surface area contributed by atoms with E-state index in [2.05, 4.69) is 36.2 Å². The van der Waals surface area contributed by atoms with Crippen molar-refractivity contribution in [3.05, 3.63) is 76.7 Å². The van der Waals surface area contributed by atoms with Crippen molar-refractivity contribution >= 4 is 41.1 Å². The number of carboxylic acids is 1. The van der Waals surface area contributed by atoms with Gasteiger partial charge in [-0.1, -0.05) is 35.9 Å². The number of aliphatic carboxylic acids is 1. The third-order valence-electron chi connectivity index (χ3n) is 5.66. The van der Waals surface area contributed by atoms with Crippen LogP contribution in [0.15, 0.2) is 53.0 Å². The molecule has 0 amide bonds. The molecule has 4 rings (SSSR count). The van der Waals surface area contributed by atoms with Crippen LogP contribution < -0.4 is 4.74 Å². The number of oxazole rings is 1. The third kappa shape index (κ3) is 5.71. The molecule has 1 heterocycles. The molecule has 2 aromatic carbocycles. The number of benzene rings is 2. The Morgan fingerprint density at radius 1 is 1.12 bits per heavy atom. The molecule has 5 nitrogen and oxygen atoms in total. The van der Waals surface area contributed by atoms with Crippen molar-refractivity contribution in [1.29, 1.82) is 0 Å². The van der Waals surface area contributed by atoms with Gasteiger partial charge in [0, 0.05) is 24.0 Å². The molecule has 0 fully saturated rings. The van der Waals surface area contributed by atoms with Crippen LogP contribution in [-0.4, -0.2) is 52.2 Å².